The van der Waals surface area contributed by atoms with Crippen LogP contribution < -0.4 is 4.74 Å². The molecule has 0 aliphatic rings. The van der Waals surface area contributed by atoms with Crippen LogP contribution in [0.15, 0.2) is 67.4 Å². The molecule has 2 aromatic heterocycles. The van der Waals surface area contributed by atoms with Crippen molar-refractivity contribution in [2.24, 2.45) is 0 Å². The topological polar surface area (TPSA) is 78.2 Å². The van der Waals surface area contributed by atoms with E-state index in [1.165, 1.54) is 12.1 Å². The van der Waals surface area contributed by atoms with Gasteiger partial charge in [0.25, 0.3) is 5.69 Å². The number of nitro groups is 1. The fourth-order valence-corrected chi connectivity index (χ4v) is 2.24. The number of nitrogens with zero attached hydrogens (tertiary/aromatic N) is 3. The molecule has 2 heterocycles. The highest BCUT2D eigenvalue weighted by atomic mass is 16.6. The van der Waals surface area contributed by atoms with Crippen LogP contribution in [0.1, 0.15) is 12.6 Å². The van der Waals surface area contributed by atoms with Crippen LogP contribution in [0.25, 0.3) is 16.8 Å². The summed E-state index contributed by atoms with van der Waals surface area (Å²) in [5.41, 5.74) is 3.01. The van der Waals surface area contributed by atoms with E-state index in [4.69, 9.17) is 4.74 Å². The van der Waals surface area contributed by atoms with Crippen molar-refractivity contribution in [3.8, 4) is 22.9 Å². The number of aromatic nitrogens is 2. The Balaban J connectivity index is 2.01. The molecule has 0 aliphatic heterocycles. The van der Waals surface area contributed by atoms with Crippen LogP contribution in [0, 0.1) is 10.1 Å². The summed E-state index contributed by atoms with van der Waals surface area (Å²) in [5.74, 6) is 0.661. The van der Waals surface area contributed by atoms with Crippen molar-refractivity contribution in [1.29, 1.82) is 0 Å². The first-order valence-electron chi connectivity index (χ1n) is 7.54. The lowest BCUT2D eigenvalue weighted by Gasteiger charge is -2.10. The average molecular weight is 333 g/mol. The second kappa shape index (κ2) is 6.92. The number of benzene rings is 1. The van der Waals surface area contributed by atoms with Gasteiger partial charge in [-0.25, -0.2) is 4.98 Å². The number of nitro benzene ring substituents is 1. The second-order valence-electron chi connectivity index (χ2n) is 5.43. The Morgan fingerprint density at radius 3 is 2.68 bits per heavy atom. The van der Waals surface area contributed by atoms with Gasteiger partial charge in [-0.05, 0) is 36.8 Å². The third-order valence-electron chi connectivity index (χ3n) is 3.45. The van der Waals surface area contributed by atoms with Gasteiger partial charge in [-0.2, -0.15) is 0 Å². The molecule has 124 valence electrons. The van der Waals surface area contributed by atoms with Gasteiger partial charge in [-0.3, -0.25) is 15.1 Å². The standard InChI is InChI=1S/C19H15N3O3/c1-13(2)18-10-14(17-8-3-4-9-20-17)11-19(21-18)25-16-7-5-6-15(12-16)22(23)24/h3-12H,1H2,2H3. The third-order valence-corrected chi connectivity index (χ3v) is 3.45. The van der Waals surface area contributed by atoms with Gasteiger partial charge in [-0.15, -0.1) is 0 Å². The summed E-state index contributed by atoms with van der Waals surface area (Å²) in [6.07, 6.45) is 1.71. The van der Waals surface area contributed by atoms with Crippen molar-refractivity contribution >= 4 is 11.3 Å². The van der Waals surface area contributed by atoms with Crippen molar-refractivity contribution in [3.63, 3.8) is 0 Å². The molecule has 0 amide bonds. The molecule has 0 spiro atoms. The van der Waals surface area contributed by atoms with Gasteiger partial charge in [0.2, 0.25) is 5.88 Å². The molecular weight excluding hydrogens is 318 g/mol. The summed E-state index contributed by atoms with van der Waals surface area (Å²) >= 11 is 0. The number of ether oxygens (including phenoxy) is 1. The van der Waals surface area contributed by atoms with E-state index in [0.717, 1.165) is 16.8 Å². The minimum absolute atomic E-state index is 0.0431. The van der Waals surface area contributed by atoms with E-state index < -0.39 is 4.92 Å². The maximum atomic E-state index is 10.9. The number of rotatable bonds is 5. The first-order valence-corrected chi connectivity index (χ1v) is 7.54. The van der Waals surface area contributed by atoms with Crippen molar-refractivity contribution in [3.05, 3.63) is 83.2 Å². The fraction of sp³-hybridized carbons (Fsp3) is 0.0526. The van der Waals surface area contributed by atoms with Crippen molar-refractivity contribution in [2.45, 2.75) is 6.92 Å². The zero-order valence-corrected chi connectivity index (χ0v) is 13.5. The van der Waals surface area contributed by atoms with E-state index in [-0.39, 0.29) is 5.69 Å². The first kappa shape index (κ1) is 16.3. The summed E-state index contributed by atoms with van der Waals surface area (Å²) in [7, 11) is 0. The van der Waals surface area contributed by atoms with Crippen molar-refractivity contribution in [2.75, 3.05) is 0 Å². The number of hydrogen-bond acceptors (Lipinski definition) is 5. The Labute approximate surface area is 144 Å². The molecule has 0 saturated heterocycles. The molecule has 0 bridgehead atoms. The molecule has 0 aliphatic carbocycles. The Morgan fingerprint density at radius 1 is 1.16 bits per heavy atom. The highest BCUT2D eigenvalue weighted by Crippen LogP contribution is 2.29. The first-order chi connectivity index (χ1) is 12.0. The van der Waals surface area contributed by atoms with Crippen LogP contribution >= 0.6 is 0 Å². The van der Waals surface area contributed by atoms with E-state index in [1.54, 1.807) is 24.4 Å². The number of non-ortho nitro benzene ring substituents is 1. The lowest BCUT2D eigenvalue weighted by Crippen LogP contribution is -1.95. The third kappa shape index (κ3) is 3.87. The van der Waals surface area contributed by atoms with Crippen molar-refractivity contribution in [1.82, 2.24) is 9.97 Å². The second-order valence-corrected chi connectivity index (χ2v) is 5.43. The predicted molar refractivity (Wildman–Crippen MR) is 95.3 cm³/mol. The molecule has 1 aromatic carbocycles. The minimum Gasteiger partial charge on any atom is -0.439 e. The molecule has 25 heavy (non-hydrogen) atoms. The molecule has 0 N–H and O–H groups in total. The Kier molecular flexibility index (Phi) is 4.52. The zero-order chi connectivity index (χ0) is 17.8. The summed E-state index contributed by atoms with van der Waals surface area (Å²) in [6, 6.07) is 15.2. The van der Waals surface area contributed by atoms with E-state index in [1.807, 2.05) is 31.2 Å². The molecule has 0 radical (unpaired) electrons. The molecule has 0 fully saturated rings. The maximum absolute atomic E-state index is 10.9. The lowest BCUT2D eigenvalue weighted by molar-refractivity contribution is -0.384. The lowest BCUT2D eigenvalue weighted by atomic mass is 10.1. The SMILES string of the molecule is C=C(C)c1cc(-c2ccccn2)cc(Oc2cccc([N+](=O)[O-])c2)n1. The van der Waals surface area contributed by atoms with Gasteiger partial charge < -0.3 is 4.74 Å². The quantitative estimate of drug-likeness (QED) is 0.491. The summed E-state index contributed by atoms with van der Waals surface area (Å²) < 4.78 is 5.74. The zero-order valence-electron chi connectivity index (χ0n) is 13.5. The number of pyridine rings is 2. The van der Waals surface area contributed by atoms with E-state index >= 15 is 0 Å². The van der Waals surface area contributed by atoms with Crippen LogP contribution in [0.3, 0.4) is 0 Å². The maximum Gasteiger partial charge on any atom is 0.273 e. The van der Waals surface area contributed by atoms with Gasteiger partial charge in [-0.1, -0.05) is 18.7 Å². The molecule has 0 atom stereocenters. The van der Waals surface area contributed by atoms with Gasteiger partial charge in [0.05, 0.1) is 22.4 Å². The van der Waals surface area contributed by atoms with Crippen molar-refractivity contribution < 1.29 is 9.66 Å². The highest BCUT2D eigenvalue weighted by molar-refractivity contribution is 5.68. The molecule has 3 aromatic rings. The smallest absolute Gasteiger partial charge is 0.273 e. The number of hydrogen-bond donors (Lipinski definition) is 0. The van der Waals surface area contributed by atoms with Gasteiger partial charge in [0, 0.05) is 23.9 Å². The van der Waals surface area contributed by atoms with Crippen LogP contribution in [0.4, 0.5) is 5.69 Å². The van der Waals surface area contributed by atoms with Crippen LogP contribution in [0.5, 0.6) is 11.6 Å². The molecule has 6 heteroatoms. The predicted octanol–water partition coefficient (Wildman–Crippen LogP) is 4.88. The minimum atomic E-state index is -0.468. The Bertz CT molecular complexity index is 940. The highest BCUT2D eigenvalue weighted by Gasteiger charge is 2.11. The van der Waals surface area contributed by atoms with E-state index in [9.17, 15) is 10.1 Å². The summed E-state index contributed by atoms with van der Waals surface area (Å²) in [4.78, 5) is 19.2. The average Bonchev–Trinajstić information content (AvgIpc) is 2.62. The van der Waals surface area contributed by atoms with Gasteiger partial charge >= 0.3 is 0 Å². The summed E-state index contributed by atoms with van der Waals surface area (Å²) in [6.45, 7) is 5.77. The van der Waals surface area contributed by atoms with Crippen LogP contribution in [-0.2, 0) is 0 Å². The molecule has 6 nitrogen and oxygen atoms in total. The van der Waals surface area contributed by atoms with Crippen LogP contribution in [0.2, 0.25) is 0 Å². The fourth-order valence-electron chi connectivity index (χ4n) is 2.24. The molecule has 3 rings (SSSR count). The Hall–Kier alpha value is -3.54. The van der Waals surface area contributed by atoms with Gasteiger partial charge in [0.15, 0.2) is 0 Å². The van der Waals surface area contributed by atoms with E-state index in [0.29, 0.717) is 17.3 Å². The molecule has 0 saturated carbocycles. The van der Waals surface area contributed by atoms with E-state index in [2.05, 4.69) is 16.5 Å². The Morgan fingerprint density at radius 2 is 2.00 bits per heavy atom. The monoisotopic (exact) mass is 333 g/mol. The van der Waals surface area contributed by atoms with Gasteiger partial charge in [0.1, 0.15) is 5.75 Å². The normalized spacial score (nSPS) is 10.3. The largest absolute Gasteiger partial charge is 0.439 e. The van der Waals surface area contributed by atoms with Crippen LogP contribution in [-0.4, -0.2) is 14.9 Å². The molecule has 0 unspecified atom stereocenters. The molecular formula is C19H15N3O3. The summed E-state index contributed by atoms with van der Waals surface area (Å²) in [5, 5.41) is 10.9. The number of allylic oxidation sites excluding steroid dienone is 1.